The molecule has 3 heterocycles. The SMILES string of the molecule is [2H]C([2H])([2H])NC(=O)c1nnccc1Nc1cccc2c1N(C)C([2H])([2H])c1nc(C)nn1-2. The van der Waals surface area contributed by atoms with Gasteiger partial charge in [-0.1, -0.05) is 6.07 Å². The second-order valence-corrected chi connectivity index (χ2v) is 5.61. The number of nitrogens with zero attached hydrogens (tertiary/aromatic N) is 6. The fraction of sp³-hybridized carbons (Fsp3) is 0.235. The van der Waals surface area contributed by atoms with Crippen LogP contribution in [0.15, 0.2) is 30.5 Å². The molecule has 9 heteroatoms. The monoisotopic (exact) mass is 355 g/mol. The summed E-state index contributed by atoms with van der Waals surface area (Å²) in [5.74, 6) is -0.334. The van der Waals surface area contributed by atoms with Crippen molar-refractivity contribution in [2.45, 2.75) is 13.4 Å². The Balaban J connectivity index is 1.80. The molecule has 0 aliphatic carbocycles. The topological polar surface area (TPSA) is 101 Å². The number of aromatic nitrogens is 5. The summed E-state index contributed by atoms with van der Waals surface area (Å²) >= 11 is 0. The van der Waals surface area contributed by atoms with Crippen molar-refractivity contribution in [1.82, 2.24) is 30.3 Å². The zero-order chi connectivity index (χ0) is 22.6. The number of carbonyl (C=O) groups excluding carboxylic acids is 1. The number of anilines is 3. The van der Waals surface area contributed by atoms with Gasteiger partial charge in [-0.15, -0.1) is 5.10 Å². The molecule has 0 radical (unpaired) electrons. The standard InChI is InChI=1S/C17H18N8O/c1-10-20-14-9-24(3)16-12(5-4-6-13(16)25(14)23-10)21-11-7-8-19-22-15(11)17(26)18-2/h4-8H,9H2,1-3H3,(H,18,26)(H,19,21)/i2D3,9D2. The van der Waals surface area contributed by atoms with Crippen LogP contribution in [0.4, 0.5) is 17.1 Å². The van der Waals surface area contributed by atoms with Crippen molar-refractivity contribution in [2.24, 2.45) is 0 Å². The molecule has 3 aromatic rings. The number of carbonyl (C=O) groups is 1. The van der Waals surface area contributed by atoms with Crippen LogP contribution < -0.4 is 15.5 Å². The minimum Gasteiger partial charge on any atom is -0.364 e. The number of para-hydroxylation sites is 1. The highest BCUT2D eigenvalue weighted by Crippen LogP contribution is 2.38. The highest BCUT2D eigenvalue weighted by atomic mass is 16.1. The lowest BCUT2D eigenvalue weighted by molar-refractivity contribution is 0.0958. The van der Waals surface area contributed by atoms with Gasteiger partial charge >= 0.3 is 0 Å². The van der Waals surface area contributed by atoms with Gasteiger partial charge in [-0.3, -0.25) is 4.79 Å². The van der Waals surface area contributed by atoms with E-state index in [2.05, 4.69) is 25.6 Å². The summed E-state index contributed by atoms with van der Waals surface area (Å²) in [6, 6.07) is 6.69. The molecule has 9 nitrogen and oxygen atoms in total. The molecule has 0 bridgehead atoms. The lowest BCUT2D eigenvalue weighted by Gasteiger charge is -2.29. The molecule has 0 unspecified atom stereocenters. The van der Waals surface area contributed by atoms with E-state index in [1.807, 2.05) is 5.32 Å². The number of hydrogen-bond donors (Lipinski definition) is 2. The first-order valence-corrected chi connectivity index (χ1v) is 7.71. The van der Waals surface area contributed by atoms with Crippen molar-refractivity contribution in [3.8, 4) is 5.69 Å². The fourth-order valence-electron chi connectivity index (χ4n) is 2.82. The van der Waals surface area contributed by atoms with Crippen LogP contribution in [0, 0.1) is 6.92 Å². The molecule has 0 saturated heterocycles. The highest BCUT2D eigenvalue weighted by Gasteiger charge is 2.25. The first-order chi connectivity index (χ1) is 14.5. The molecule has 0 spiro atoms. The van der Waals surface area contributed by atoms with E-state index in [0.717, 1.165) is 0 Å². The molecule has 0 atom stereocenters. The van der Waals surface area contributed by atoms with Gasteiger partial charge in [0.2, 0.25) is 0 Å². The Morgan fingerprint density at radius 1 is 1.35 bits per heavy atom. The van der Waals surface area contributed by atoms with Gasteiger partial charge in [-0.25, -0.2) is 9.67 Å². The van der Waals surface area contributed by atoms with Crippen molar-refractivity contribution in [1.29, 1.82) is 0 Å². The summed E-state index contributed by atoms with van der Waals surface area (Å²) in [6.07, 6.45) is 1.35. The Labute approximate surface area is 157 Å². The summed E-state index contributed by atoms with van der Waals surface area (Å²) in [5.41, 5.74) is 1.52. The zero-order valence-electron chi connectivity index (χ0n) is 19.0. The molecule has 132 valence electrons. The number of rotatable bonds is 3. The van der Waals surface area contributed by atoms with Gasteiger partial charge in [-0.05, 0) is 25.1 Å². The number of benzene rings is 1. The van der Waals surface area contributed by atoms with Crippen molar-refractivity contribution in [3.05, 3.63) is 47.8 Å². The number of aryl methyl sites for hydroxylation is 1. The molecule has 2 N–H and O–H groups in total. The minimum atomic E-state index is -2.69. The van der Waals surface area contributed by atoms with E-state index in [4.69, 9.17) is 6.85 Å². The van der Waals surface area contributed by atoms with Gasteiger partial charge in [0.05, 0.1) is 38.2 Å². The molecule has 0 saturated carbocycles. The first kappa shape index (κ1) is 11.2. The van der Waals surface area contributed by atoms with Crippen LogP contribution in [-0.2, 0) is 6.50 Å². The van der Waals surface area contributed by atoms with Crippen LogP contribution in [0.2, 0.25) is 0 Å². The molecule has 1 aliphatic heterocycles. The van der Waals surface area contributed by atoms with Crippen LogP contribution in [0.25, 0.3) is 5.69 Å². The van der Waals surface area contributed by atoms with E-state index < -0.39 is 19.4 Å². The fourth-order valence-corrected chi connectivity index (χ4v) is 2.82. The lowest BCUT2D eigenvalue weighted by Crippen LogP contribution is -2.27. The second kappa shape index (κ2) is 6.10. The Morgan fingerprint density at radius 2 is 2.23 bits per heavy atom. The molecular weight excluding hydrogens is 332 g/mol. The van der Waals surface area contributed by atoms with E-state index in [-0.39, 0.29) is 17.2 Å². The van der Waals surface area contributed by atoms with E-state index in [0.29, 0.717) is 22.9 Å². The van der Waals surface area contributed by atoms with Gasteiger partial charge < -0.3 is 15.5 Å². The first-order valence-electron chi connectivity index (χ1n) is 10.2. The average molecular weight is 355 g/mol. The molecule has 1 aromatic carbocycles. The van der Waals surface area contributed by atoms with Crippen molar-refractivity contribution in [2.75, 3.05) is 24.2 Å². The Morgan fingerprint density at radius 3 is 3.08 bits per heavy atom. The molecule has 1 aliphatic rings. The second-order valence-electron chi connectivity index (χ2n) is 5.61. The zero-order valence-corrected chi connectivity index (χ0v) is 14.0. The van der Waals surface area contributed by atoms with Crippen molar-refractivity contribution in [3.63, 3.8) is 0 Å². The number of hydrogen-bond acceptors (Lipinski definition) is 7. The van der Waals surface area contributed by atoms with E-state index in [1.54, 1.807) is 32.2 Å². The van der Waals surface area contributed by atoms with Gasteiger partial charge in [0.1, 0.15) is 5.82 Å². The van der Waals surface area contributed by atoms with E-state index >= 15 is 0 Å². The van der Waals surface area contributed by atoms with Gasteiger partial charge in [-0.2, -0.15) is 10.2 Å². The van der Waals surface area contributed by atoms with Crippen LogP contribution in [0.1, 0.15) is 29.0 Å². The Kier molecular flexibility index (Phi) is 2.63. The Bertz CT molecular complexity index is 1180. The highest BCUT2D eigenvalue weighted by molar-refractivity contribution is 5.98. The molecule has 4 rings (SSSR count). The largest absolute Gasteiger partial charge is 0.364 e. The predicted molar refractivity (Wildman–Crippen MR) is 96.9 cm³/mol. The summed E-state index contributed by atoms with van der Waals surface area (Å²) in [5, 5.41) is 16.7. The van der Waals surface area contributed by atoms with Gasteiger partial charge in [0.25, 0.3) is 5.91 Å². The normalized spacial score (nSPS) is 17.6. The van der Waals surface area contributed by atoms with Crippen LogP contribution >= 0.6 is 0 Å². The van der Waals surface area contributed by atoms with Crippen LogP contribution in [0.5, 0.6) is 0 Å². The maximum Gasteiger partial charge on any atom is 0.273 e. The molecular formula is C17H18N8O. The summed E-state index contributed by atoms with van der Waals surface area (Å²) < 4.78 is 40.2. The molecule has 1 amide bonds. The minimum absolute atomic E-state index is 0.153. The number of nitrogens with one attached hydrogen (secondary N) is 2. The third-order valence-electron chi connectivity index (χ3n) is 3.88. The number of amides is 1. The quantitative estimate of drug-likeness (QED) is 0.733. The van der Waals surface area contributed by atoms with Gasteiger partial charge in [0, 0.05) is 18.1 Å². The lowest BCUT2D eigenvalue weighted by atomic mass is 10.1. The van der Waals surface area contributed by atoms with E-state index in [9.17, 15) is 4.79 Å². The number of fused-ring (bicyclic) bond motifs is 3. The molecule has 0 fully saturated rings. The summed E-state index contributed by atoms with van der Waals surface area (Å²) in [7, 11) is 1.59. The summed E-state index contributed by atoms with van der Waals surface area (Å²) in [6.45, 7) is -2.96. The third-order valence-corrected chi connectivity index (χ3v) is 3.88. The maximum absolute atomic E-state index is 12.4. The van der Waals surface area contributed by atoms with Crippen molar-refractivity contribution < 1.29 is 11.6 Å². The third kappa shape index (κ3) is 2.53. The average Bonchev–Trinajstić information content (AvgIpc) is 3.08. The van der Waals surface area contributed by atoms with Gasteiger partial charge in [0.15, 0.2) is 11.5 Å². The van der Waals surface area contributed by atoms with Crippen molar-refractivity contribution >= 4 is 23.0 Å². The maximum atomic E-state index is 12.4. The predicted octanol–water partition coefficient (Wildman–Crippen LogP) is 1.42. The summed E-state index contributed by atoms with van der Waals surface area (Å²) in [4.78, 5) is 18.0. The van der Waals surface area contributed by atoms with E-state index in [1.165, 1.54) is 21.8 Å². The van der Waals surface area contributed by atoms with Crippen LogP contribution in [0.3, 0.4) is 0 Å². The Hall–Kier alpha value is -3.49. The molecule has 26 heavy (non-hydrogen) atoms. The van der Waals surface area contributed by atoms with Crippen LogP contribution in [-0.4, -0.2) is 44.9 Å². The molecule has 2 aromatic heterocycles. The smallest absolute Gasteiger partial charge is 0.273 e.